The van der Waals surface area contributed by atoms with Crippen molar-refractivity contribution in [3.63, 3.8) is 0 Å². The Kier molecular flexibility index (Phi) is 4.49. The highest BCUT2D eigenvalue weighted by Gasteiger charge is 2.49. The third-order valence-electron chi connectivity index (χ3n) is 2.68. The fraction of sp³-hybridized carbons (Fsp3) is 0.538. The summed E-state index contributed by atoms with van der Waals surface area (Å²) in [4.78, 5) is 24.0. The molecule has 1 aliphatic rings. The van der Waals surface area contributed by atoms with Crippen molar-refractivity contribution >= 4 is 11.9 Å². The lowest BCUT2D eigenvalue weighted by Gasteiger charge is -2.30. The van der Waals surface area contributed by atoms with Crippen LogP contribution in [0.4, 0.5) is 0 Å². The molecule has 0 fully saturated rings. The molecule has 4 heteroatoms. The van der Waals surface area contributed by atoms with Gasteiger partial charge in [-0.15, -0.1) is 0 Å². The largest absolute Gasteiger partial charge is 0.465 e. The van der Waals surface area contributed by atoms with Crippen molar-refractivity contribution in [1.29, 1.82) is 0 Å². The Balaban J connectivity index is 3.00. The van der Waals surface area contributed by atoms with E-state index < -0.39 is 17.4 Å². The molecule has 0 atom stereocenters. The summed E-state index contributed by atoms with van der Waals surface area (Å²) in [6.45, 7) is 7.71. The lowest BCUT2D eigenvalue weighted by atomic mass is 9.75. The van der Waals surface area contributed by atoms with Gasteiger partial charge in [0, 0.05) is 0 Å². The van der Waals surface area contributed by atoms with Crippen LogP contribution >= 0.6 is 0 Å². The number of allylic oxidation sites excluding steroid dienone is 3. The normalized spacial score (nSPS) is 17.6. The van der Waals surface area contributed by atoms with E-state index in [0.717, 1.165) is 5.57 Å². The first-order valence-corrected chi connectivity index (χ1v) is 5.75. The summed E-state index contributed by atoms with van der Waals surface area (Å²) in [6, 6.07) is 0. The van der Waals surface area contributed by atoms with Gasteiger partial charge in [0.2, 0.25) is 0 Å². The van der Waals surface area contributed by atoms with Gasteiger partial charge in [-0.3, -0.25) is 9.59 Å². The molecule has 94 valence electrons. The van der Waals surface area contributed by atoms with Crippen LogP contribution in [-0.2, 0) is 19.1 Å². The molecular weight excluding hydrogens is 220 g/mol. The van der Waals surface area contributed by atoms with Crippen molar-refractivity contribution in [3.05, 3.63) is 24.3 Å². The van der Waals surface area contributed by atoms with Gasteiger partial charge in [-0.05, 0) is 26.7 Å². The van der Waals surface area contributed by atoms with Crippen molar-refractivity contribution in [1.82, 2.24) is 0 Å². The molecule has 0 saturated heterocycles. The van der Waals surface area contributed by atoms with Gasteiger partial charge in [-0.2, -0.15) is 0 Å². The van der Waals surface area contributed by atoms with Crippen molar-refractivity contribution in [2.75, 3.05) is 13.2 Å². The van der Waals surface area contributed by atoms with Crippen LogP contribution in [0.5, 0.6) is 0 Å². The first-order valence-electron chi connectivity index (χ1n) is 5.75. The van der Waals surface area contributed by atoms with Crippen LogP contribution in [0.2, 0.25) is 0 Å². The third kappa shape index (κ3) is 2.75. The molecule has 0 bridgehead atoms. The topological polar surface area (TPSA) is 52.6 Å². The predicted molar refractivity (Wildman–Crippen MR) is 63.2 cm³/mol. The van der Waals surface area contributed by atoms with Gasteiger partial charge in [0.25, 0.3) is 0 Å². The van der Waals surface area contributed by atoms with Crippen molar-refractivity contribution in [2.45, 2.75) is 26.7 Å². The van der Waals surface area contributed by atoms with Crippen LogP contribution in [0.25, 0.3) is 0 Å². The number of rotatable bonds is 4. The second-order valence-corrected chi connectivity index (χ2v) is 3.96. The number of hydrogen-bond acceptors (Lipinski definition) is 4. The summed E-state index contributed by atoms with van der Waals surface area (Å²) in [5.41, 5.74) is -0.505. The molecule has 0 saturated carbocycles. The average Bonchev–Trinajstić information content (AvgIpc) is 2.29. The summed E-state index contributed by atoms with van der Waals surface area (Å²) in [5, 5.41) is 0. The van der Waals surface area contributed by atoms with E-state index in [4.69, 9.17) is 9.47 Å². The Bertz CT molecular complexity index is 336. The van der Waals surface area contributed by atoms with Crippen LogP contribution < -0.4 is 0 Å². The number of hydrogen-bond donors (Lipinski definition) is 0. The smallest absolute Gasteiger partial charge is 0.324 e. The molecule has 4 nitrogen and oxygen atoms in total. The minimum absolute atomic E-state index is 0.246. The molecule has 1 rings (SSSR count). The minimum Gasteiger partial charge on any atom is -0.465 e. The lowest BCUT2D eigenvalue weighted by Crippen LogP contribution is -2.43. The highest BCUT2D eigenvalue weighted by Crippen LogP contribution is 2.37. The monoisotopic (exact) mass is 238 g/mol. The molecular formula is C13H18O4. The maximum absolute atomic E-state index is 12.0. The van der Waals surface area contributed by atoms with Crippen LogP contribution in [0.3, 0.4) is 0 Å². The summed E-state index contributed by atoms with van der Waals surface area (Å²) in [5.74, 6) is -1.05. The van der Waals surface area contributed by atoms with Gasteiger partial charge in [0.15, 0.2) is 5.41 Å². The van der Waals surface area contributed by atoms with E-state index in [9.17, 15) is 9.59 Å². The maximum atomic E-state index is 12.0. The lowest BCUT2D eigenvalue weighted by molar-refractivity contribution is -0.172. The zero-order chi connectivity index (χ0) is 12.9. The Morgan fingerprint density at radius 3 is 2.24 bits per heavy atom. The van der Waals surface area contributed by atoms with E-state index in [-0.39, 0.29) is 19.6 Å². The second kappa shape index (κ2) is 5.66. The van der Waals surface area contributed by atoms with E-state index in [0.29, 0.717) is 6.42 Å². The van der Waals surface area contributed by atoms with Crippen molar-refractivity contribution in [3.8, 4) is 0 Å². The first-order chi connectivity index (χ1) is 8.06. The van der Waals surface area contributed by atoms with Gasteiger partial charge >= 0.3 is 11.9 Å². The Labute approximate surface area is 101 Å². The SMILES string of the molecule is C=C1C=CCC(C(=O)OCC)(C(=O)OCC)C1. The molecule has 0 aliphatic heterocycles. The molecule has 0 aromatic carbocycles. The average molecular weight is 238 g/mol. The van der Waals surface area contributed by atoms with E-state index in [1.54, 1.807) is 19.9 Å². The van der Waals surface area contributed by atoms with E-state index >= 15 is 0 Å². The van der Waals surface area contributed by atoms with Gasteiger partial charge in [0.05, 0.1) is 13.2 Å². The fourth-order valence-electron chi connectivity index (χ4n) is 1.88. The summed E-state index contributed by atoms with van der Waals surface area (Å²) < 4.78 is 9.97. The number of esters is 2. The van der Waals surface area contributed by atoms with Gasteiger partial charge in [-0.1, -0.05) is 24.3 Å². The number of carbonyl (C=O) groups is 2. The Hall–Kier alpha value is -1.58. The molecule has 1 aliphatic carbocycles. The third-order valence-corrected chi connectivity index (χ3v) is 2.68. The molecule has 0 aromatic heterocycles. The van der Waals surface area contributed by atoms with Gasteiger partial charge in [0.1, 0.15) is 0 Å². The van der Waals surface area contributed by atoms with Gasteiger partial charge < -0.3 is 9.47 Å². The minimum atomic E-state index is -1.24. The van der Waals surface area contributed by atoms with E-state index in [1.807, 2.05) is 6.08 Å². The summed E-state index contributed by atoms with van der Waals surface area (Å²) in [6.07, 6.45) is 4.15. The molecule has 17 heavy (non-hydrogen) atoms. The summed E-state index contributed by atoms with van der Waals surface area (Å²) in [7, 11) is 0. The predicted octanol–water partition coefficient (Wildman–Crippen LogP) is 2.01. The van der Waals surface area contributed by atoms with Gasteiger partial charge in [-0.25, -0.2) is 0 Å². The molecule has 0 heterocycles. The molecule has 0 aromatic rings. The zero-order valence-corrected chi connectivity index (χ0v) is 10.3. The highest BCUT2D eigenvalue weighted by molar-refractivity contribution is 6.01. The van der Waals surface area contributed by atoms with Crippen molar-refractivity contribution in [2.24, 2.45) is 5.41 Å². The highest BCUT2D eigenvalue weighted by atomic mass is 16.6. The number of carbonyl (C=O) groups excluding carboxylic acids is 2. The van der Waals surface area contributed by atoms with E-state index in [1.165, 1.54) is 0 Å². The summed E-state index contributed by atoms with van der Waals surface area (Å²) >= 11 is 0. The molecule has 0 unspecified atom stereocenters. The molecule has 0 amide bonds. The van der Waals surface area contributed by atoms with E-state index in [2.05, 4.69) is 6.58 Å². The van der Waals surface area contributed by atoms with Crippen molar-refractivity contribution < 1.29 is 19.1 Å². The first kappa shape index (κ1) is 13.5. The Morgan fingerprint density at radius 2 is 1.82 bits per heavy atom. The second-order valence-electron chi connectivity index (χ2n) is 3.96. The fourth-order valence-corrected chi connectivity index (χ4v) is 1.88. The van der Waals surface area contributed by atoms with Crippen LogP contribution in [0.15, 0.2) is 24.3 Å². The maximum Gasteiger partial charge on any atom is 0.324 e. The Morgan fingerprint density at radius 1 is 1.29 bits per heavy atom. The standard InChI is InChI=1S/C13H18O4/c1-4-16-11(14)13(12(15)17-5-2)8-6-7-10(3)9-13/h6-7H,3-5,8-9H2,1-2H3. The zero-order valence-electron chi connectivity index (χ0n) is 10.3. The van der Waals surface area contributed by atoms with Crippen LogP contribution in [0, 0.1) is 5.41 Å². The molecule has 0 N–H and O–H groups in total. The van der Waals surface area contributed by atoms with Crippen LogP contribution in [-0.4, -0.2) is 25.2 Å². The number of ether oxygens (including phenoxy) is 2. The molecule has 0 spiro atoms. The van der Waals surface area contributed by atoms with Crippen LogP contribution in [0.1, 0.15) is 26.7 Å². The quantitative estimate of drug-likeness (QED) is 0.555. The molecule has 0 radical (unpaired) electrons.